The third-order valence-corrected chi connectivity index (χ3v) is 3.05. The standard InChI is InChI=1S/C10H7Br2F3O2/c1-5(11)9(16)6-3-2-4-7(8(6)12)17-10(13,14)15/h2-5H,1H3. The molecule has 1 atom stereocenters. The molecule has 0 saturated heterocycles. The normalized spacial score (nSPS) is 13.3. The Morgan fingerprint density at radius 3 is 2.47 bits per heavy atom. The van der Waals surface area contributed by atoms with Gasteiger partial charge in [-0.15, -0.1) is 13.2 Å². The number of benzene rings is 1. The summed E-state index contributed by atoms with van der Waals surface area (Å²) < 4.78 is 40.0. The molecule has 7 heteroatoms. The Hall–Kier alpha value is -0.560. The number of ether oxygens (including phenoxy) is 1. The second-order valence-corrected chi connectivity index (χ2v) is 5.31. The summed E-state index contributed by atoms with van der Waals surface area (Å²) in [6.07, 6.45) is -4.79. The molecule has 0 fully saturated rings. The van der Waals surface area contributed by atoms with E-state index >= 15 is 0 Å². The lowest BCUT2D eigenvalue weighted by Crippen LogP contribution is -2.18. The topological polar surface area (TPSA) is 26.3 Å². The molecular formula is C10H7Br2F3O2. The van der Waals surface area contributed by atoms with E-state index in [1.807, 2.05) is 0 Å². The van der Waals surface area contributed by atoms with Crippen LogP contribution in [0.1, 0.15) is 17.3 Å². The van der Waals surface area contributed by atoms with Gasteiger partial charge in [-0.3, -0.25) is 4.79 Å². The number of hydrogen-bond acceptors (Lipinski definition) is 2. The quantitative estimate of drug-likeness (QED) is 0.581. The Kier molecular flexibility index (Phi) is 4.60. The van der Waals surface area contributed by atoms with Crippen molar-refractivity contribution in [3.63, 3.8) is 0 Å². The second-order valence-electron chi connectivity index (χ2n) is 3.15. The molecule has 2 nitrogen and oxygen atoms in total. The molecule has 0 spiro atoms. The maximum absolute atomic E-state index is 12.1. The Morgan fingerprint density at radius 2 is 2.00 bits per heavy atom. The van der Waals surface area contributed by atoms with Crippen LogP contribution < -0.4 is 4.74 Å². The summed E-state index contributed by atoms with van der Waals surface area (Å²) in [6.45, 7) is 1.59. The lowest BCUT2D eigenvalue weighted by Gasteiger charge is -2.13. The van der Waals surface area contributed by atoms with Gasteiger partial charge < -0.3 is 4.74 Å². The highest BCUT2D eigenvalue weighted by Gasteiger charge is 2.32. The maximum Gasteiger partial charge on any atom is 0.573 e. The van der Waals surface area contributed by atoms with Crippen molar-refractivity contribution in [2.75, 3.05) is 0 Å². The zero-order valence-electron chi connectivity index (χ0n) is 8.52. The number of rotatable bonds is 3. The van der Waals surface area contributed by atoms with Crippen molar-refractivity contribution in [1.82, 2.24) is 0 Å². The highest BCUT2D eigenvalue weighted by molar-refractivity contribution is 9.10. The van der Waals surface area contributed by atoms with Crippen molar-refractivity contribution in [3.05, 3.63) is 28.2 Å². The first kappa shape index (κ1) is 14.5. The fourth-order valence-electron chi connectivity index (χ4n) is 1.12. The summed E-state index contributed by atoms with van der Waals surface area (Å²) in [4.78, 5) is 11.2. The molecule has 1 aromatic rings. The van der Waals surface area contributed by atoms with Crippen molar-refractivity contribution in [2.24, 2.45) is 0 Å². The van der Waals surface area contributed by atoms with Gasteiger partial charge in [0.25, 0.3) is 0 Å². The Bertz CT molecular complexity index is 430. The molecule has 17 heavy (non-hydrogen) atoms. The van der Waals surface area contributed by atoms with E-state index in [0.29, 0.717) is 0 Å². The highest BCUT2D eigenvalue weighted by Crippen LogP contribution is 2.33. The van der Waals surface area contributed by atoms with Gasteiger partial charge in [-0.1, -0.05) is 22.0 Å². The van der Waals surface area contributed by atoms with Crippen molar-refractivity contribution >= 4 is 37.6 Å². The molecule has 0 aromatic heterocycles. The van der Waals surface area contributed by atoms with Gasteiger partial charge in [-0.05, 0) is 35.0 Å². The lowest BCUT2D eigenvalue weighted by atomic mass is 10.1. The van der Waals surface area contributed by atoms with E-state index in [-0.39, 0.29) is 15.8 Å². The molecule has 1 rings (SSSR count). The van der Waals surface area contributed by atoms with Crippen LogP contribution in [0.2, 0.25) is 0 Å². The molecule has 1 unspecified atom stereocenters. The van der Waals surface area contributed by atoms with E-state index in [4.69, 9.17) is 0 Å². The predicted molar refractivity (Wildman–Crippen MR) is 63.5 cm³/mol. The minimum Gasteiger partial charge on any atom is -0.405 e. The molecule has 1 aromatic carbocycles. The fraction of sp³-hybridized carbons (Fsp3) is 0.300. The predicted octanol–water partition coefficient (Wildman–Crippen LogP) is 4.31. The first-order chi connectivity index (χ1) is 7.72. The molecule has 0 radical (unpaired) electrons. The molecule has 0 bridgehead atoms. The van der Waals surface area contributed by atoms with Crippen LogP contribution in [-0.2, 0) is 0 Å². The molecule has 0 aliphatic carbocycles. The van der Waals surface area contributed by atoms with Crippen LogP contribution in [-0.4, -0.2) is 17.0 Å². The molecule has 0 amide bonds. The molecule has 0 aliphatic heterocycles. The van der Waals surface area contributed by atoms with Crippen molar-refractivity contribution < 1.29 is 22.7 Å². The van der Waals surface area contributed by atoms with Crippen LogP contribution in [0.3, 0.4) is 0 Å². The first-order valence-electron chi connectivity index (χ1n) is 4.45. The van der Waals surface area contributed by atoms with Crippen molar-refractivity contribution in [1.29, 1.82) is 0 Å². The summed E-state index contributed by atoms with van der Waals surface area (Å²) >= 11 is 6.00. The highest BCUT2D eigenvalue weighted by atomic mass is 79.9. The third kappa shape index (κ3) is 3.99. The van der Waals surface area contributed by atoms with Crippen LogP contribution in [0.4, 0.5) is 13.2 Å². The summed E-state index contributed by atoms with van der Waals surface area (Å²) in [7, 11) is 0. The summed E-state index contributed by atoms with van der Waals surface area (Å²) in [5.41, 5.74) is 0.135. The third-order valence-electron chi connectivity index (χ3n) is 1.82. The largest absolute Gasteiger partial charge is 0.573 e. The summed E-state index contributed by atoms with van der Waals surface area (Å²) in [5, 5.41) is 0. The van der Waals surface area contributed by atoms with Gasteiger partial charge in [-0.2, -0.15) is 0 Å². The average molecular weight is 376 g/mol. The number of carbonyl (C=O) groups excluding carboxylic acids is 1. The van der Waals surface area contributed by atoms with E-state index in [2.05, 4.69) is 36.6 Å². The second kappa shape index (κ2) is 5.39. The van der Waals surface area contributed by atoms with Crippen molar-refractivity contribution in [2.45, 2.75) is 18.1 Å². The number of halogens is 5. The molecule has 0 N–H and O–H groups in total. The zero-order valence-corrected chi connectivity index (χ0v) is 11.7. The maximum atomic E-state index is 12.1. The average Bonchev–Trinajstić information content (AvgIpc) is 2.18. The van der Waals surface area contributed by atoms with Crippen LogP contribution >= 0.6 is 31.9 Å². The lowest BCUT2D eigenvalue weighted by molar-refractivity contribution is -0.274. The van der Waals surface area contributed by atoms with Gasteiger partial charge in [0.1, 0.15) is 5.75 Å². The number of carbonyl (C=O) groups is 1. The van der Waals surface area contributed by atoms with E-state index in [9.17, 15) is 18.0 Å². The summed E-state index contributed by atoms with van der Waals surface area (Å²) in [6, 6.07) is 3.88. The van der Waals surface area contributed by atoms with E-state index in [0.717, 1.165) is 6.07 Å². The number of alkyl halides is 4. The smallest absolute Gasteiger partial charge is 0.405 e. The Morgan fingerprint density at radius 1 is 1.41 bits per heavy atom. The SMILES string of the molecule is CC(Br)C(=O)c1cccc(OC(F)(F)F)c1Br. The van der Waals surface area contributed by atoms with E-state index in [1.165, 1.54) is 12.1 Å². The van der Waals surface area contributed by atoms with Gasteiger partial charge >= 0.3 is 6.36 Å². The first-order valence-corrected chi connectivity index (χ1v) is 6.16. The van der Waals surface area contributed by atoms with Gasteiger partial charge in [0.15, 0.2) is 5.78 Å². The van der Waals surface area contributed by atoms with E-state index in [1.54, 1.807) is 6.92 Å². The Balaban J connectivity index is 3.12. The minimum absolute atomic E-state index is 0.00590. The number of hydrogen-bond donors (Lipinski definition) is 0. The minimum atomic E-state index is -4.79. The molecule has 0 aliphatic rings. The van der Waals surface area contributed by atoms with Crippen LogP contribution in [0, 0.1) is 0 Å². The molecule has 94 valence electrons. The molecule has 0 heterocycles. The summed E-state index contributed by atoms with van der Waals surface area (Å²) in [5.74, 6) is -0.763. The van der Waals surface area contributed by atoms with Crippen molar-refractivity contribution in [3.8, 4) is 5.75 Å². The van der Waals surface area contributed by atoms with Crippen LogP contribution in [0.15, 0.2) is 22.7 Å². The number of ketones is 1. The van der Waals surface area contributed by atoms with Crippen LogP contribution in [0.25, 0.3) is 0 Å². The van der Waals surface area contributed by atoms with E-state index < -0.39 is 16.9 Å². The van der Waals surface area contributed by atoms with Gasteiger partial charge in [0.2, 0.25) is 0 Å². The fourth-order valence-corrected chi connectivity index (χ4v) is 1.91. The molecular weight excluding hydrogens is 369 g/mol. The monoisotopic (exact) mass is 374 g/mol. The van der Waals surface area contributed by atoms with Gasteiger partial charge in [0, 0.05) is 5.56 Å². The zero-order chi connectivity index (χ0) is 13.2. The Labute approximate surface area is 112 Å². The van der Waals surface area contributed by atoms with Gasteiger partial charge in [0.05, 0.1) is 9.30 Å². The van der Waals surface area contributed by atoms with Gasteiger partial charge in [-0.25, -0.2) is 0 Å². The molecule has 0 saturated carbocycles. The number of Topliss-reactive ketones (excluding diaryl/α,β-unsaturated/α-hetero) is 1. The van der Waals surface area contributed by atoms with Crippen LogP contribution in [0.5, 0.6) is 5.75 Å².